The van der Waals surface area contributed by atoms with Gasteiger partial charge in [-0.05, 0) is 66.2 Å². The molecule has 0 aromatic heterocycles. The summed E-state index contributed by atoms with van der Waals surface area (Å²) in [6.07, 6.45) is -0.308. The minimum absolute atomic E-state index is 0.00325. The van der Waals surface area contributed by atoms with Crippen LogP contribution in [0.2, 0.25) is 0 Å². The van der Waals surface area contributed by atoms with Crippen molar-refractivity contribution >= 4 is 35.2 Å². The average Bonchev–Trinajstić information content (AvgIpc) is 3.13. The Hall–Kier alpha value is -4.73. The lowest BCUT2D eigenvalue weighted by molar-refractivity contribution is -0.124. The third kappa shape index (κ3) is 5.58. The summed E-state index contributed by atoms with van der Waals surface area (Å²) in [6.45, 7) is 0.00325. The van der Waals surface area contributed by atoms with Crippen LogP contribution in [0, 0.1) is 5.82 Å². The number of hydrogen-bond donors (Lipinski definition) is 1. The first-order valence-electron chi connectivity index (χ1n) is 11.3. The fourth-order valence-electron chi connectivity index (χ4n) is 3.96. The average molecular weight is 506 g/mol. The summed E-state index contributed by atoms with van der Waals surface area (Å²) >= 11 is 0. The molecule has 3 aromatic carbocycles. The lowest BCUT2D eigenvalue weighted by Crippen LogP contribution is -2.37. The van der Waals surface area contributed by atoms with E-state index in [2.05, 4.69) is 10.1 Å². The van der Waals surface area contributed by atoms with E-state index in [1.807, 2.05) is 0 Å². The van der Waals surface area contributed by atoms with Crippen molar-refractivity contribution in [3.05, 3.63) is 89.7 Å². The summed E-state index contributed by atoms with van der Waals surface area (Å²) in [4.78, 5) is 53.6. The Morgan fingerprint density at radius 1 is 0.919 bits per heavy atom. The third-order valence-electron chi connectivity index (χ3n) is 5.88. The summed E-state index contributed by atoms with van der Waals surface area (Å²) in [5.74, 6) is -1.45. The standard InChI is InChI=1S/C27H24FN3O6/c1-36-22-13-11-21(12-14-22)31-25(33)23(30(27(31)35)16-17-3-7-19(28)8-4-17)15-24(32)29-20-9-5-18(6-10-20)26(34)37-2/h3-14,23H,15-16H2,1-2H3,(H,29,32)/t23-/m0/s1. The zero-order valence-electron chi connectivity index (χ0n) is 20.1. The van der Waals surface area contributed by atoms with Crippen molar-refractivity contribution in [1.29, 1.82) is 0 Å². The number of rotatable bonds is 8. The number of imide groups is 1. The van der Waals surface area contributed by atoms with Gasteiger partial charge >= 0.3 is 12.0 Å². The molecule has 0 saturated carbocycles. The number of urea groups is 1. The molecule has 4 rings (SSSR count). The second-order valence-electron chi connectivity index (χ2n) is 8.25. The van der Waals surface area contributed by atoms with Crippen LogP contribution in [0.1, 0.15) is 22.3 Å². The molecule has 1 heterocycles. The van der Waals surface area contributed by atoms with Crippen molar-refractivity contribution in [2.24, 2.45) is 0 Å². The van der Waals surface area contributed by atoms with Crippen molar-refractivity contribution in [1.82, 2.24) is 4.90 Å². The summed E-state index contributed by atoms with van der Waals surface area (Å²) in [5, 5.41) is 2.68. The van der Waals surface area contributed by atoms with Crippen LogP contribution in [0.4, 0.5) is 20.6 Å². The summed E-state index contributed by atoms with van der Waals surface area (Å²) in [6, 6.07) is 16.3. The molecule has 1 aliphatic rings. The minimum atomic E-state index is -1.09. The minimum Gasteiger partial charge on any atom is -0.497 e. The predicted molar refractivity (Wildman–Crippen MR) is 133 cm³/mol. The van der Waals surface area contributed by atoms with Crippen LogP contribution in [0.5, 0.6) is 5.75 Å². The van der Waals surface area contributed by atoms with Gasteiger partial charge in [-0.25, -0.2) is 18.9 Å². The molecule has 3 aromatic rings. The number of hydrogen-bond acceptors (Lipinski definition) is 6. The van der Waals surface area contributed by atoms with Gasteiger partial charge in [0.05, 0.1) is 31.9 Å². The molecule has 0 bridgehead atoms. The Balaban J connectivity index is 1.56. The van der Waals surface area contributed by atoms with Crippen LogP contribution in [-0.4, -0.2) is 49.0 Å². The van der Waals surface area contributed by atoms with E-state index in [-0.39, 0.29) is 13.0 Å². The van der Waals surface area contributed by atoms with Gasteiger partial charge in [-0.15, -0.1) is 0 Å². The molecule has 1 saturated heterocycles. The van der Waals surface area contributed by atoms with Gasteiger partial charge < -0.3 is 19.7 Å². The number of nitrogens with zero attached hydrogens (tertiary/aromatic N) is 2. The van der Waals surface area contributed by atoms with Crippen LogP contribution in [0.25, 0.3) is 0 Å². The van der Waals surface area contributed by atoms with Gasteiger partial charge in [0.2, 0.25) is 5.91 Å². The first kappa shape index (κ1) is 25.4. The largest absolute Gasteiger partial charge is 0.497 e. The molecule has 190 valence electrons. The van der Waals surface area contributed by atoms with Gasteiger partial charge in [0, 0.05) is 12.2 Å². The molecule has 4 amide bonds. The first-order valence-corrected chi connectivity index (χ1v) is 11.3. The lowest BCUT2D eigenvalue weighted by atomic mass is 10.1. The van der Waals surface area contributed by atoms with Gasteiger partial charge in [0.25, 0.3) is 5.91 Å². The number of benzene rings is 3. The van der Waals surface area contributed by atoms with Crippen LogP contribution in [0.3, 0.4) is 0 Å². The molecule has 10 heteroatoms. The van der Waals surface area contributed by atoms with Crippen molar-refractivity contribution in [2.75, 3.05) is 24.4 Å². The van der Waals surface area contributed by atoms with Gasteiger partial charge in [-0.1, -0.05) is 12.1 Å². The number of amides is 4. The summed E-state index contributed by atoms with van der Waals surface area (Å²) < 4.78 is 23.2. The van der Waals surface area contributed by atoms with Crippen LogP contribution >= 0.6 is 0 Å². The number of halogens is 1. The highest BCUT2D eigenvalue weighted by atomic mass is 19.1. The Labute approximate surface area is 212 Å². The van der Waals surface area contributed by atoms with E-state index in [1.165, 1.54) is 67.7 Å². The maximum absolute atomic E-state index is 13.4. The van der Waals surface area contributed by atoms with E-state index in [9.17, 15) is 23.6 Å². The lowest BCUT2D eigenvalue weighted by Gasteiger charge is -2.21. The first-order chi connectivity index (χ1) is 17.8. The van der Waals surface area contributed by atoms with Crippen LogP contribution in [-0.2, 0) is 20.9 Å². The summed E-state index contributed by atoms with van der Waals surface area (Å²) in [5.41, 5.74) is 1.66. The maximum atomic E-state index is 13.4. The van der Waals surface area contributed by atoms with Gasteiger partial charge in [0.15, 0.2) is 0 Å². The molecule has 1 atom stereocenters. The van der Waals surface area contributed by atoms with Crippen molar-refractivity contribution < 1.29 is 33.0 Å². The number of carbonyl (C=O) groups excluding carboxylic acids is 4. The number of esters is 1. The molecule has 0 spiro atoms. The van der Waals surface area contributed by atoms with Crippen LogP contribution in [0.15, 0.2) is 72.8 Å². The number of anilines is 2. The highest BCUT2D eigenvalue weighted by molar-refractivity contribution is 6.22. The Kier molecular flexibility index (Phi) is 7.47. The molecule has 0 aliphatic carbocycles. The Morgan fingerprint density at radius 3 is 2.16 bits per heavy atom. The smallest absolute Gasteiger partial charge is 0.337 e. The van der Waals surface area contributed by atoms with E-state index < -0.39 is 35.7 Å². The Morgan fingerprint density at radius 2 is 1.57 bits per heavy atom. The highest BCUT2D eigenvalue weighted by Gasteiger charge is 2.46. The third-order valence-corrected chi connectivity index (χ3v) is 5.88. The normalized spacial score (nSPS) is 15.1. The van der Waals surface area contributed by atoms with E-state index in [0.717, 1.165) is 4.90 Å². The topological polar surface area (TPSA) is 105 Å². The van der Waals surface area contributed by atoms with E-state index in [0.29, 0.717) is 28.3 Å². The zero-order chi connectivity index (χ0) is 26.5. The fraction of sp³-hybridized carbons (Fsp3) is 0.185. The molecule has 0 unspecified atom stereocenters. The van der Waals surface area contributed by atoms with Crippen molar-refractivity contribution in [3.63, 3.8) is 0 Å². The molecule has 1 N–H and O–H groups in total. The molecule has 1 fully saturated rings. The number of carbonyl (C=O) groups is 4. The zero-order valence-corrected chi connectivity index (χ0v) is 20.1. The highest BCUT2D eigenvalue weighted by Crippen LogP contribution is 2.30. The number of nitrogens with one attached hydrogen (secondary N) is 1. The SMILES string of the molecule is COC(=O)c1ccc(NC(=O)C[C@H]2C(=O)N(c3ccc(OC)cc3)C(=O)N2Cc2ccc(F)cc2)cc1. The molecular weight excluding hydrogens is 481 g/mol. The summed E-state index contributed by atoms with van der Waals surface area (Å²) in [7, 11) is 2.77. The predicted octanol–water partition coefficient (Wildman–Crippen LogP) is 3.99. The van der Waals surface area contributed by atoms with Gasteiger partial charge in [-0.3, -0.25) is 9.59 Å². The second kappa shape index (κ2) is 10.9. The van der Waals surface area contributed by atoms with Crippen molar-refractivity contribution in [3.8, 4) is 5.75 Å². The van der Waals surface area contributed by atoms with E-state index in [1.54, 1.807) is 24.3 Å². The maximum Gasteiger partial charge on any atom is 0.337 e. The van der Waals surface area contributed by atoms with Gasteiger partial charge in [0.1, 0.15) is 17.6 Å². The van der Waals surface area contributed by atoms with Gasteiger partial charge in [-0.2, -0.15) is 0 Å². The monoisotopic (exact) mass is 505 g/mol. The fourth-order valence-corrected chi connectivity index (χ4v) is 3.96. The van der Waals surface area contributed by atoms with E-state index >= 15 is 0 Å². The molecule has 37 heavy (non-hydrogen) atoms. The molecule has 0 radical (unpaired) electrons. The molecular formula is C27H24FN3O6. The van der Waals surface area contributed by atoms with E-state index in [4.69, 9.17) is 4.74 Å². The Bertz CT molecular complexity index is 1310. The van der Waals surface area contributed by atoms with Crippen LogP contribution < -0.4 is 15.0 Å². The molecule has 1 aliphatic heterocycles. The second-order valence-corrected chi connectivity index (χ2v) is 8.25. The van der Waals surface area contributed by atoms with Crippen molar-refractivity contribution in [2.45, 2.75) is 19.0 Å². The number of ether oxygens (including phenoxy) is 2. The molecule has 9 nitrogen and oxygen atoms in total. The quantitative estimate of drug-likeness (QED) is 0.367. The number of methoxy groups -OCH3 is 2.